The summed E-state index contributed by atoms with van der Waals surface area (Å²) in [5.41, 5.74) is -0.766. The molecule has 2 aliphatic rings. The molecule has 2 amide bonds. The first-order valence-electron chi connectivity index (χ1n) is 7.41. The molecular weight excluding hydrogens is 240 g/mol. The van der Waals surface area contributed by atoms with Gasteiger partial charge in [-0.05, 0) is 44.9 Å². The van der Waals surface area contributed by atoms with Crippen LogP contribution >= 0.6 is 0 Å². The first-order valence-corrected chi connectivity index (χ1v) is 7.41. The van der Waals surface area contributed by atoms with Crippen LogP contribution in [0.2, 0.25) is 0 Å². The number of carbonyl (C=O) groups is 2. The molecule has 2 unspecified atom stereocenters. The average molecular weight is 266 g/mol. The minimum absolute atomic E-state index is 0.0160. The number of nitrogens with zero attached hydrogens (tertiary/aromatic N) is 1. The summed E-state index contributed by atoms with van der Waals surface area (Å²) in [6, 6.07) is 0.304. The summed E-state index contributed by atoms with van der Waals surface area (Å²) >= 11 is 0. The minimum Gasteiger partial charge on any atom is -0.342 e. The lowest BCUT2D eigenvalue weighted by Crippen LogP contribution is -2.55. The van der Waals surface area contributed by atoms with Gasteiger partial charge in [-0.1, -0.05) is 13.8 Å². The number of carbonyl (C=O) groups excluding carboxylic acids is 2. The zero-order valence-corrected chi connectivity index (χ0v) is 12.5. The molecule has 1 heterocycles. The van der Waals surface area contributed by atoms with E-state index in [0.717, 1.165) is 12.8 Å². The van der Waals surface area contributed by atoms with Crippen LogP contribution in [-0.2, 0) is 9.59 Å². The van der Waals surface area contributed by atoms with Gasteiger partial charge in [-0.25, -0.2) is 0 Å². The summed E-state index contributed by atoms with van der Waals surface area (Å²) in [6.45, 7) is 8.71. The highest BCUT2D eigenvalue weighted by Crippen LogP contribution is 2.33. The van der Waals surface area contributed by atoms with Crippen LogP contribution in [0.5, 0.6) is 0 Å². The van der Waals surface area contributed by atoms with Crippen molar-refractivity contribution in [3.05, 3.63) is 0 Å². The van der Waals surface area contributed by atoms with Crippen molar-refractivity contribution >= 4 is 11.8 Å². The maximum Gasteiger partial charge on any atom is 0.248 e. The average Bonchev–Trinajstić information content (AvgIpc) is 2.35. The third-order valence-corrected chi connectivity index (χ3v) is 4.42. The summed E-state index contributed by atoms with van der Waals surface area (Å²) in [4.78, 5) is 26.3. The predicted octanol–water partition coefficient (Wildman–Crippen LogP) is 1.94. The Morgan fingerprint density at radius 3 is 2.26 bits per heavy atom. The Morgan fingerprint density at radius 2 is 1.68 bits per heavy atom. The van der Waals surface area contributed by atoms with E-state index in [9.17, 15) is 9.59 Å². The number of rotatable bonds is 1. The summed E-state index contributed by atoms with van der Waals surface area (Å²) in [7, 11) is 0. The van der Waals surface area contributed by atoms with Gasteiger partial charge < -0.3 is 10.2 Å². The molecule has 108 valence electrons. The summed E-state index contributed by atoms with van der Waals surface area (Å²) in [5.74, 6) is 1.38. The van der Waals surface area contributed by atoms with Crippen molar-refractivity contribution in [3.63, 3.8) is 0 Å². The third-order valence-electron chi connectivity index (χ3n) is 4.42. The van der Waals surface area contributed by atoms with E-state index in [1.54, 1.807) is 13.8 Å². The molecule has 19 heavy (non-hydrogen) atoms. The lowest BCUT2D eigenvalue weighted by atomic mass is 9.79. The van der Waals surface area contributed by atoms with Crippen LogP contribution in [0.15, 0.2) is 0 Å². The molecule has 0 aromatic carbocycles. The molecule has 2 atom stereocenters. The molecule has 2 fully saturated rings. The van der Waals surface area contributed by atoms with Crippen molar-refractivity contribution in [2.24, 2.45) is 11.8 Å². The summed E-state index contributed by atoms with van der Waals surface area (Å²) < 4.78 is 0. The van der Waals surface area contributed by atoms with Crippen LogP contribution in [0, 0.1) is 11.8 Å². The van der Waals surface area contributed by atoms with Crippen LogP contribution in [0.4, 0.5) is 0 Å². The Labute approximate surface area is 115 Å². The number of amides is 2. The highest BCUT2D eigenvalue weighted by Gasteiger charge is 2.40. The molecule has 1 aliphatic carbocycles. The molecule has 1 aliphatic heterocycles. The number of hydrogen-bond acceptors (Lipinski definition) is 2. The second-order valence-electron chi connectivity index (χ2n) is 6.99. The van der Waals surface area contributed by atoms with Gasteiger partial charge in [-0.15, -0.1) is 0 Å². The van der Waals surface area contributed by atoms with Gasteiger partial charge >= 0.3 is 0 Å². The van der Waals surface area contributed by atoms with E-state index in [2.05, 4.69) is 19.2 Å². The maximum absolute atomic E-state index is 12.6. The van der Waals surface area contributed by atoms with Gasteiger partial charge in [0.1, 0.15) is 5.54 Å². The van der Waals surface area contributed by atoms with Gasteiger partial charge in [-0.3, -0.25) is 9.59 Å². The van der Waals surface area contributed by atoms with Crippen molar-refractivity contribution < 1.29 is 9.59 Å². The van der Waals surface area contributed by atoms with Crippen LogP contribution in [-0.4, -0.2) is 34.8 Å². The molecule has 1 saturated heterocycles. The van der Waals surface area contributed by atoms with Crippen molar-refractivity contribution in [2.45, 2.75) is 65.0 Å². The SMILES string of the molecule is CC1CC(C)CC(N2CCC(=O)NC(C)(C)C2=O)C1. The van der Waals surface area contributed by atoms with Crippen molar-refractivity contribution in [1.29, 1.82) is 0 Å². The maximum atomic E-state index is 12.6. The standard InChI is InChI=1S/C15H26N2O2/c1-10-7-11(2)9-12(8-10)17-6-5-13(18)16-15(3,4)14(17)19/h10-12H,5-9H2,1-4H3,(H,16,18). The third kappa shape index (κ3) is 3.10. The number of nitrogens with one attached hydrogen (secondary N) is 1. The van der Waals surface area contributed by atoms with Crippen LogP contribution in [0.3, 0.4) is 0 Å². The Balaban J connectivity index is 2.17. The fraction of sp³-hybridized carbons (Fsp3) is 0.867. The first-order chi connectivity index (χ1) is 8.79. The lowest BCUT2D eigenvalue weighted by Gasteiger charge is -2.40. The molecule has 0 aromatic rings. The molecule has 0 radical (unpaired) electrons. The van der Waals surface area contributed by atoms with E-state index in [-0.39, 0.29) is 11.8 Å². The quantitative estimate of drug-likeness (QED) is 0.788. The predicted molar refractivity (Wildman–Crippen MR) is 74.5 cm³/mol. The Bertz CT molecular complexity index is 368. The van der Waals surface area contributed by atoms with Gasteiger partial charge in [0.15, 0.2) is 0 Å². The largest absolute Gasteiger partial charge is 0.342 e. The fourth-order valence-corrected chi connectivity index (χ4v) is 3.65. The van der Waals surface area contributed by atoms with E-state index < -0.39 is 5.54 Å². The van der Waals surface area contributed by atoms with Crippen molar-refractivity contribution in [1.82, 2.24) is 10.2 Å². The van der Waals surface area contributed by atoms with E-state index in [1.807, 2.05) is 4.90 Å². The van der Waals surface area contributed by atoms with Crippen molar-refractivity contribution in [2.75, 3.05) is 6.54 Å². The van der Waals surface area contributed by atoms with Gasteiger partial charge in [0, 0.05) is 19.0 Å². The highest BCUT2D eigenvalue weighted by molar-refractivity contribution is 5.93. The molecule has 2 rings (SSSR count). The summed E-state index contributed by atoms with van der Waals surface area (Å²) in [6.07, 6.45) is 3.81. The van der Waals surface area contributed by atoms with Crippen LogP contribution < -0.4 is 5.32 Å². The molecule has 0 bridgehead atoms. The minimum atomic E-state index is -0.766. The van der Waals surface area contributed by atoms with E-state index in [0.29, 0.717) is 30.8 Å². The second kappa shape index (κ2) is 5.14. The lowest BCUT2D eigenvalue weighted by molar-refractivity contribution is -0.140. The van der Waals surface area contributed by atoms with E-state index in [4.69, 9.17) is 0 Å². The monoisotopic (exact) mass is 266 g/mol. The van der Waals surface area contributed by atoms with E-state index in [1.165, 1.54) is 6.42 Å². The van der Waals surface area contributed by atoms with Crippen molar-refractivity contribution in [3.8, 4) is 0 Å². The molecule has 4 heteroatoms. The zero-order chi connectivity index (χ0) is 14.2. The van der Waals surface area contributed by atoms with Gasteiger partial charge in [0.25, 0.3) is 0 Å². The molecule has 1 N–H and O–H groups in total. The first kappa shape index (κ1) is 14.4. The van der Waals surface area contributed by atoms with Gasteiger partial charge in [0.2, 0.25) is 11.8 Å². The molecule has 0 aromatic heterocycles. The molecule has 1 saturated carbocycles. The zero-order valence-electron chi connectivity index (χ0n) is 12.5. The fourth-order valence-electron chi connectivity index (χ4n) is 3.65. The van der Waals surface area contributed by atoms with E-state index >= 15 is 0 Å². The topological polar surface area (TPSA) is 49.4 Å². The molecule has 0 spiro atoms. The molecular formula is C15H26N2O2. The summed E-state index contributed by atoms with van der Waals surface area (Å²) in [5, 5.41) is 2.83. The second-order valence-corrected chi connectivity index (χ2v) is 6.99. The van der Waals surface area contributed by atoms with Crippen LogP contribution in [0.1, 0.15) is 53.4 Å². The van der Waals surface area contributed by atoms with Gasteiger partial charge in [0.05, 0.1) is 0 Å². The van der Waals surface area contributed by atoms with Crippen LogP contribution in [0.25, 0.3) is 0 Å². The smallest absolute Gasteiger partial charge is 0.248 e. The molecule has 4 nitrogen and oxygen atoms in total. The highest BCUT2D eigenvalue weighted by atomic mass is 16.2. The Kier molecular flexibility index (Phi) is 3.88. The number of hydrogen-bond donors (Lipinski definition) is 1. The van der Waals surface area contributed by atoms with Gasteiger partial charge in [-0.2, -0.15) is 0 Å². The Morgan fingerprint density at radius 1 is 1.11 bits per heavy atom. The normalized spacial score (nSPS) is 35.8. The Hall–Kier alpha value is -1.06.